The Hall–Kier alpha value is -3.36. The summed E-state index contributed by atoms with van der Waals surface area (Å²) in [6.07, 6.45) is 0.734. The van der Waals surface area contributed by atoms with Crippen molar-refractivity contribution in [1.82, 2.24) is 10.2 Å². The number of halogens is 1. The Morgan fingerprint density at radius 2 is 1.54 bits per heavy atom. The lowest BCUT2D eigenvalue weighted by Gasteiger charge is -2.32. The second-order valence-corrected chi connectivity index (χ2v) is 11.1. The largest absolute Gasteiger partial charge is 0.352 e. The normalized spacial score (nSPS) is 12.9. The number of rotatable bonds is 11. The van der Waals surface area contributed by atoms with E-state index in [-0.39, 0.29) is 23.4 Å². The van der Waals surface area contributed by atoms with Crippen LogP contribution in [0.25, 0.3) is 0 Å². The van der Waals surface area contributed by atoms with Gasteiger partial charge in [-0.05, 0) is 62.2 Å². The van der Waals surface area contributed by atoms with Gasteiger partial charge in [-0.1, -0.05) is 67.1 Å². The first-order valence-electron chi connectivity index (χ1n) is 12.1. The van der Waals surface area contributed by atoms with E-state index in [4.69, 9.17) is 11.6 Å². The first kappa shape index (κ1) is 28.2. The van der Waals surface area contributed by atoms with E-state index in [1.165, 1.54) is 17.0 Å². The van der Waals surface area contributed by atoms with Crippen LogP contribution in [0, 0.1) is 0 Å². The molecule has 0 aliphatic carbocycles. The van der Waals surface area contributed by atoms with Crippen molar-refractivity contribution in [3.8, 4) is 0 Å². The highest BCUT2D eigenvalue weighted by Crippen LogP contribution is 2.24. The SMILES string of the molecule is CC[C@@H](C)NC(=O)[C@@H](C)N(Cc1cccc(Cl)c1)C(=O)CN(c1ccccc1)S(=O)(=O)c1ccccc1. The van der Waals surface area contributed by atoms with Crippen LogP contribution in [-0.2, 0) is 26.2 Å². The van der Waals surface area contributed by atoms with Gasteiger partial charge in [0, 0.05) is 17.6 Å². The van der Waals surface area contributed by atoms with E-state index in [0.717, 1.165) is 16.3 Å². The van der Waals surface area contributed by atoms with Gasteiger partial charge in [0.25, 0.3) is 10.0 Å². The van der Waals surface area contributed by atoms with Crippen LogP contribution in [-0.4, -0.2) is 43.8 Å². The summed E-state index contributed by atoms with van der Waals surface area (Å²) in [7, 11) is -4.07. The molecular formula is C28H32ClN3O4S. The zero-order chi connectivity index (χ0) is 27.0. The van der Waals surface area contributed by atoms with Crippen molar-refractivity contribution in [3.63, 3.8) is 0 Å². The Kier molecular flexibility index (Phi) is 9.72. The fraction of sp³-hybridized carbons (Fsp3) is 0.286. The highest BCUT2D eigenvalue weighted by molar-refractivity contribution is 7.92. The number of nitrogens with one attached hydrogen (secondary N) is 1. The summed E-state index contributed by atoms with van der Waals surface area (Å²) in [5.74, 6) is -0.836. The molecule has 0 radical (unpaired) electrons. The topological polar surface area (TPSA) is 86.8 Å². The lowest BCUT2D eigenvalue weighted by atomic mass is 10.1. The molecule has 0 bridgehead atoms. The van der Waals surface area contributed by atoms with Crippen LogP contribution >= 0.6 is 11.6 Å². The van der Waals surface area contributed by atoms with Crippen molar-refractivity contribution >= 4 is 39.1 Å². The molecule has 0 spiro atoms. The van der Waals surface area contributed by atoms with Crippen LogP contribution in [0.15, 0.2) is 89.8 Å². The average Bonchev–Trinajstić information content (AvgIpc) is 2.90. The standard InChI is InChI=1S/C28H32ClN3O4S/c1-4-21(2)30-28(34)22(3)31(19-23-12-11-13-24(29)18-23)27(33)20-32(25-14-7-5-8-15-25)37(35,36)26-16-9-6-10-17-26/h5-18,21-22H,4,19-20H2,1-3H3,(H,30,34)/t21-,22-/m1/s1. The lowest BCUT2D eigenvalue weighted by molar-refractivity contribution is -0.139. The van der Waals surface area contributed by atoms with Gasteiger partial charge in [0.1, 0.15) is 12.6 Å². The monoisotopic (exact) mass is 541 g/mol. The fourth-order valence-electron chi connectivity index (χ4n) is 3.72. The summed E-state index contributed by atoms with van der Waals surface area (Å²) in [6.45, 7) is 5.08. The summed E-state index contributed by atoms with van der Waals surface area (Å²) >= 11 is 6.16. The van der Waals surface area contributed by atoms with E-state index in [0.29, 0.717) is 10.7 Å². The van der Waals surface area contributed by atoms with Gasteiger partial charge in [-0.15, -0.1) is 0 Å². The number of carbonyl (C=O) groups is 2. The predicted octanol–water partition coefficient (Wildman–Crippen LogP) is 4.87. The molecule has 0 aliphatic heterocycles. The van der Waals surface area contributed by atoms with Gasteiger partial charge in [0.2, 0.25) is 11.8 Å². The predicted molar refractivity (Wildman–Crippen MR) is 147 cm³/mol. The van der Waals surface area contributed by atoms with Crippen molar-refractivity contribution in [2.45, 2.75) is 50.7 Å². The molecule has 0 fully saturated rings. The van der Waals surface area contributed by atoms with Gasteiger partial charge in [-0.25, -0.2) is 8.42 Å². The molecule has 2 atom stereocenters. The molecule has 7 nitrogen and oxygen atoms in total. The summed E-state index contributed by atoms with van der Waals surface area (Å²) in [5, 5.41) is 3.41. The van der Waals surface area contributed by atoms with Gasteiger partial charge in [0.15, 0.2) is 0 Å². The summed E-state index contributed by atoms with van der Waals surface area (Å²) < 4.78 is 28.4. The number of nitrogens with zero attached hydrogens (tertiary/aromatic N) is 2. The first-order chi connectivity index (χ1) is 17.6. The molecule has 0 unspecified atom stereocenters. The first-order valence-corrected chi connectivity index (χ1v) is 13.9. The Bertz CT molecular complexity index is 1300. The van der Waals surface area contributed by atoms with E-state index >= 15 is 0 Å². The summed E-state index contributed by atoms with van der Waals surface area (Å²) in [4.78, 5) is 28.3. The number of sulfonamides is 1. The number of benzene rings is 3. The third-order valence-corrected chi connectivity index (χ3v) is 8.09. The quantitative estimate of drug-likeness (QED) is 0.375. The van der Waals surface area contributed by atoms with E-state index in [9.17, 15) is 18.0 Å². The third-order valence-electron chi connectivity index (χ3n) is 6.06. The van der Waals surface area contributed by atoms with Crippen LogP contribution in [0.5, 0.6) is 0 Å². The molecule has 0 saturated heterocycles. The maximum absolute atomic E-state index is 13.8. The molecule has 2 amide bonds. The van der Waals surface area contributed by atoms with E-state index in [1.807, 2.05) is 13.8 Å². The van der Waals surface area contributed by atoms with Crippen LogP contribution in [0.4, 0.5) is 5.69 Å². The van der Waals surface area contributed by atoms with Crippen molar-refractivity contribution in [2.24, 2.45) is 0 Å². The number of hydrogen-bond acceptors (Lipinski definition) is 4. The molecule has 1 N–H and O–H groups in total. The summed E-state index contributed by atoms with van der Waals surface area (Å²) in [6, 6.07) is 22.5. The molecule has 0 heterocycles. The van der Waals surface area contributed by atoms with Crippen LogP contribution in [0.1, 0.15) is 32.8 Å². The molecule has 0 saturated carbocycles. The molecule has 9 heteroatoms. The van der Waals surface area contributed by atoms with Crippen LogP contribution in [0.2, 0.25) is 5.02 Å². The van der Waals surface area contributed by atoms with Crippen LogP contribution < -0.4 is 9.62 Å². The maximum atomic E-state index is 13.8. The zero-order valence-corrected chi connectivity index (χ0v) is 22.7. The van der Waals surface area contributed by atoms with Crippen molar-refractivity contribution in [2.75, 3.05) is 10.8 Å². The second-order valence-electron chi connectivity index (χ2n) is 8.81. The number of amides is 2. The van der Waals surface area contributed by atoms with Crippen molar-refractivity contribution in [3.05, 3.63) is 95.5 Å². The maximum Gasteiger partial charge on any atom is 0.264 e. The molecule has 3 aromatic carbocycles. The second kappa shape index (κ2) is 12.7. The number of anilines is 1. The minimum Gasteiger partial charge on any atom is -0.352 e. The van der Waals surface area contributed by atoms with Crippen molar-refractivity contribution < 1.29 is 18.0 Å². The van der Waals surface area contributed by atoms with Gasteiger partial charge >= 0.3 is 0 Å². The van der Waals surface area contributed by atoms with E-state index in [1.54, 1.807) is 79.7 Å². The highest BCUT2D eigenvalue weighted by atomic mass is 35.5. The molecule has 37 heavy (non-hydrogen) atoms. The number of carbonyl (C=O) groups excluding carboxylic acids is 2. The van der Waals surface area contributed by atoms with Crippen molar-refractivity contribution in [1.29, 1.82) is 0 Å². The smallest absolute Gasteiger partial charge is 0.264 e. The van der Waals surface area contributed by atoms with Gasteiger partial charge in [0.05, 0.1) is 10.6 Å². The fourth-order valence-corrected chi connectivity index (χ4v) is 5.37. The zero-order valence-electron chi connectivity index (χ0n) is 21.2. The Balaban J connectivity index is 1.99. The molecule has 0 aliphatic rings. The molecule has 3 aromatic rings. The minimum atomic E-state index is -4.07. The number of hydrogen-bond donors (Lipinski definition) is 1. The van der Waals surface area contributed by atoms with Gasteiger partial charge in [-0.2, -0.15) is 0 Å². The van der Waals surface area contributed by atoms with Gasteiger partial charge in [-0.3, -0.25) is 13.9 Å². The number of para-hydroxylation sites is 1. The lowest BCUT2D eigenvalue weighted by Crippen LogP contribution is -2.52. The molecule has 196 valence electrons. The Labute approximate surface area is 224 Å². The van der Waals surface area contributed by atoms with Gasteiger partial charge < -0.3 is 10.2 Å². The van der Waals surface area contributed by atoms with Crippen LogP contribution in [0.3, 0.4) is 0 Å². The molecular weight excluding hydrogens is 510 g/mol. The third kappa shape index (κ3) is 7.33. The molecule has 0 aromatic heterocycles. The van der Waals surface area contributed by atoms with E-state index < -0.39 is 28.5 Å². The minimum absolute atomic E-state index is 0.0654. The van der Waals surface area contributed by atoms with E-state index in [2.05, 4.69) is 5.32 Å². The highest BCUT2D eigenvalue weighted by Gasteiger charge is 2.32. The Morgan fingerprint density at radius 1 is 0.919 bits per heavy atom. The average molecular weight is 542 g/mol. The molecule has 3 rings (SSSR count). The summed E-state index contributed by atoms with van der Waals surface area (Å²) in [5.41, 5.74) is 1.07. The Morgan fingerprint density at radius 3 is 2.14 bits per heavy atom.